The Kier molecular flexibility index (Phi) is 4.48. The van der Waals surface area contributed by atoms with Crippen LogP contribution in [0.4, 0.5) is 0 Å². The molecule has 0 saturated heterocycles. The van der Waals surface area contributed by atoms with Crippen LogP contribution in [0.3, 0.4) is 0 Å². The number of rotatable bonds is 5. The molecule has 98 valence electrons. The van der Waals surface area contributed by atoms with Gasteiger partial charge in [-0.3, -0.25) is 4.79 Å². The molecule has 18 heavy (non-hydrogen) atoms. The highest BCUT2D eigenvalue weighted by atomic mass is 35.5. The third-order valence-electron chi connectivity index (χ3n) is 3.44. The number of carbonyl (C=O) groups excluding carboxylic acids is 1. The minimum Gasteiger partial charge on any atom is -0.507 e. The lowest BCUT2D eigenvalue weighted by Crippen LogP contribution is -2.44. The number of nitrogens with zero attached hydrogens (tertiary/aromatic N) is 1. The number of phenols is 1. The summed E-state index contributed by atoms with van der Waals surface area (Å²) in [5.74, 6) is 0.526. The van der Waals surface area contributed by atoms with Crippen molar-refractivity contribution in [3.63, 3.8) is 0 Å². The van der Waals surface area contributed by atoms with Crippen LogP contribution in [0.2, 0.25) is 0 Å². The molecule has 1 N–H and O–H groups in total. The molecule has 0 spiro atoms. The average Bonchev–Trinajstić information content (AvgIpc) is 2.32. The summed E-state index contributed by atoms with van der Waals surface area (Å²) < 4.78 is 0. The van der Waals surface area contributed by atoms with Gasteiger partial charge in [-0.25, -0.2) is 0 Å². The maximum Gasteiger partial charge on any atom is 0.257 e. The van der Waals surface area contributed by atoms with Gasteiger partial charge >= 0.3 is 0 Å². The number of carbonyl (C=O) groups is 1. The standard InChI is InChI=1S/C14H18ClNO2/c15-9-4-10-16(11-5-3-6-11)14(18)12-7-1-2-8-13(12)17/h1-2,7-8,11,17H,3-6,9-10H2. The van der Waals surface area contributed by atoms with E-state index in [2.05, 4.69) is 0 Å². The second-order valence-electron chi connectivity index (χ2n) is 4.64. The smallest absolute Gasteiger partial charge is 0.257 e. The molecule has 0 bridgehead atoms. The second kappa shape index (κ2) is 6.10. The van der Waals surface area contributed by atoms with Crippen LogP contribution in [0, 0.1) is 0 Å². The van der Waals surface area contributed by atoms with Crippen molar-refractivity contribution in [2.45, 2.75) is 31.7 Å². The van der Waals surface area contributed by atoms with E-state index >= 15 is 0 Å². The number of amides is 1. The third kappa shape index (κ3) is 2.78. The normalized spacial score (nSPS) is 15.2. The van der Waals surface area contributed by atoms with E-state index in [0.717, 1.165) is 19.3 Å². The maximum atomic E-state index is 12.4. The Morgan fingerprint density at radius 1 is 1.39 bits per heavy atom. The molecule has 0 unspecified atom stereocenters. The molecule has 4 heteroatoms. The van der Waals surface area contributed by atoms with Gasteiger partial charge in [0.1, 0.15) is 5.75 Å². The van der Waals surface area contributed by atoms with Crippen LogP contribution in [-0.2, 0) is 0 Å². The number of hydrogen-bond acceptors (Lipinski definition) is 2. The van der Waals surface area contributed by atoms with Gasteiger partial charge in [-0.05, 0) is 37.8 Å². The minimum absolute atomic E-state index is 0.0534. The predicted octanol–water partition coefficient (Wildman–Crippen LogP) is 3.02. The Labute approximate surface area is 112 Å². The Morgan fingerprint density at radius 3 is 2.67 bits per heavy atom. The fraction of sp³-hybridized carbons (Fsp3) is 0.500. The fourth-order valence-electron chi connectivity index (χ4n) is 2.19. The minimum atomic E-state index is -0.0806. The first-order valence-corrected chi connectivity index (χ1v) is 6.92. The van der Waals surface area contributed by atoms with Gasteiger partial charge < -0.3 is 10.0 Å². The monoisotopic (exact) mass is 267 g/mol. The molecule has 1 fully saturated rings. The number of para-hydroxylation sites is 1. The first kappa shape index (κ1) is 13.2. The van der Waals surface area contributed by atoms with Crippen LogP contribution in [0.5, 0.6) is 5.75 Å². The highest BCUT2D eigenvalue weighted by Crippen LogP contribution is 2.28. The van der Waals surface area contributed by atoms with E-state index in [1.807, 2.05) is 4.90 Å². The van der Waals surface area contributed by atoms with Gasteiger partial charge in [0.25, 0.3) is 5.91 Å². The topological polar surface area (TPSA) is 40.5 Å². The number of benzene rings is 1. The summed E-state index contributed by atoms with van der Waals surface area (Å²) >= 11 is 5.71. The van der Waals surface area contributed by atoms with E-state index < -0.39 is 0 Å². The molecule has 0 atom stereocenters. The van der Waals surface area contributed by atoms with Gasteiger partial charge in [0.05, 0.1) is 5.56 Å². The van der Waals surface area contributed by atoms with Crippen molar-refractivity contribution in [2.24, 2.45) is 0 Å². The molecule has 0 radical (unpaired) electrons. The quantitative estimate of drug-likeness (QED) is 0.833. The maximum absolute atomic E-state index is 12.4. The van der Waals surface area contributed by atoms with Crippen LogP contribution >= 0.6 is 11.6 Å². The van der Waals surface area contributed by atoms with Crippen molar-refractivity contribution < 1.29 is 9.90 Å². The van der Waals surface area contributed by atoms with Gasteiger partial charge in [-0.15, -0.1) is 11.6 Å². The van der Waals surface area contributed by atoms with E-state index in [0.29, 0.717) is 24.0 Å². The van der Waals surface area contributed by atoms with Crippen molar-refractivity contribution >= 4 is 17.5 Å². The fourth-order valence-corrected chi connectivity index (χ4v) is 2.31. The molecular weight excluding hydrogens is 250 g/mol. The van der Waals surface area contributed by atoms with Crippen molar-refractivity contribution in [1.82, 2.24) is 4.90 Å². The lowest BCUT2D eigenvalue weighted by molar-refractivity contribution is 0.0578. The second-order valence-corrected chi connectivity index (χ2v) is 5.02. The Hall–Kier alpha value is -1.22. The molecule has 1 aliphatic rings. The molecule has 1 aromatic rings. The molecule has 1 saturated carbocycles. The molecule has 0 aromatic heterocycles. The summed E-state index contributed by atoms with van der Waals surface area (Å²) in [6, 6.07) is 7.03. The largest absolute Gasteiger partial charge is 0.507 e. The van der Waals surface area contributed by atoms with Gasteiger partial charge in [-0.1, -0.05) is 12.1 Å². The van der Waals surface area contributed by atoms with Gasteiger partial charge in [-0.2, -0.15) is 0 Å². The zero-order chi connectivity index (χ0) is 13.0. The van der Waals surface area contributed by atoms with E-state index in [-0.39, 0.29) is 11.7 Å². The van der Waals surface area contributed by atoms with Crippen molar-refractivity contribution in [2.75, 3.05) is 12.4 Å². The van der Waals surface area contributed by atoms with E-state index in [1.165, 1.54) is 6.42 Å². The Balaban J connectivity index is 2.14. The molecule has 0 heterocycles. The van der Waals surface area contributed by atoms with Crippen LogP contribution in [0.25, 0.3) is 0 Å². The number of phenolic OH excluding ortho intramolecular Hbond substituents is 1. The SMILES string of the molecule is O=C(c1ccccc1O)N(CCCCl)C1CCC1. The first-order chi connectivity index (χ1) is 8.74. The number of halogens is 1. The third-order valence-corrected chi connectivity index (χ3v) is 3.71. The summed E-state index contributed by atoms with van der Waals surface area (Å²) in [5.41, 5.74) is 0.388. The molecule has 1 aromatic carbocycles. The summed E-state index contributed by atoms with van der Waals surface area (Å²) in [5, 5.41) is 9.75. The van der Waals surface area contributed by atoms with Gasteiger partial charge in [0.15, 0.2) is 0 Å². The highest BCUT2D eigenvalue weighted by Gasteiger charge is 2.29. The summed E-state index contributed by atoms with van der Waals surface area (Å²) in [6.07, 6.45) is 4.08. The van der Waals surface area contributed by atoms with E-state index in [9.17, 15) is 9.90 Å². The van der Waals surface area contributed by atoms with E-state index in [4.69, 9.17) is 11.6 Å². The predicted molar refractivity (Wildman–Crippen MR) is 72.1 cm³/mol. The molecule has 1 amide bonds. The van der Waals surface area contributed by atoms with Crippen LogP contribution < -0.4 is 0 Å². The van der Waals surface area contributed by atoms with Crippen LogP contribution in [0.1, 0.15) is 36.0 Å². The van der Waals surface area contributed by atoms with Gasteiger partial charge in [0, 0.05) is 18.5 Å². The summed E-state index contributed by atoms with van der Waals surface area (Å²) in [4.78, 5) is 14.3. The van der Waals surface area contributed by atoms with Crippen LogP contribution in [-0.4, -0.2) is 34.4 Å². The molecule has 2 rings (SSSR count). The van der Waals surface area contributed by atoms with Gasteiger partial charge in [0.2, 0.25) is 0 Å². The Morgan fingerprint density at radius 2 is 2.11 bits per heavy atom. The number of hydrogen-bond donors (Lipinski definition) is 1. The number of aromatic hydroxyl groups is 1. The first-order valence-electron chi connectivity index (χ1n) is 6.39. The zero-order valence-electron chi connectivity index (χ0n) is 10.3. The number of alkyl halides is 1. The summed E-state index contributed by atoms with van der Waals surface area (Å²) in [7, 11) is 0. The van der Waals surface area contributed by atoms with E-state index in [1.54, 1.807) is 24.3 Å². The molecule has 3 nitrogen and oxygen atoms in total. The molecular formula is C14H18ClNO2. The average molecular weight is 268 g/mol. The lowest BCUT2D eigenvalue weighted by atomic mass is 9.90. The molecule has 1 aliphatic carbocycles. The van der Waals surface area contributed by atoms with Crippen molar-refractivity contribution in [1.29, 1.82) is 0 Å². The zero-order valence-corrected chi connectivity index (χ0v) is 11.1. The van der Waals surface area contributed by atoms with Crippen molar-refractivity contribution in [3.05, 3.63) is 29.8 Å². The van der Waals surface area contributed by atoms with Crippen molar-refractivity contribution in [3.8, 4) is 5.75 Å². The summed E-state index contributed by atoms with van der Waals surface area (Å²) in [6.45, 7) is 0.668. The highest BCUT2D eigenvalue weighted by molar-refractivity contribution is 6.17. The molecule has 0 aliphatic heterocycles. The lowest BCUT2D eigenvalue weighted by Gasteiger charge is -2.37. The van der Waals surface area contributed by atoms with Crippen LogP contribution in [0.15, 0.2) is 24.3 Å². The Bertz CT molecular complexity index is 418.